The maximum atomic E-state index is 12.8. The molecule has 2 saturated heterocycles. The predicted molar refractivity (Wildman–Crippen MR) is 114 cm³/mol. The lowest BCUT2D eigenvalue weighted by atomic mass is 9.95. The van der Waals surface area contributed by atoms with Crippen LogP contribution in [0.4, 0.5) is 0 Å². The number of amides is 1. The van der Waals surface area contributed by atoms with Crippen LogP contribution in [-0.4, -0.2) is 76.6 Å². The molecule has 1 amide bonds. The van der Waals surface area contributed by atoms with Gasteiger partial charge in [0.2, 0.25) is 17.6 Å². The summed E-state index contributed by atoms with van der Waals surface area (Å²) in [7, 11) is 0. The lowest BCUT2D eigenvalue weighted by Crippen LogP contribution is -2.51. The second-order valence-corrected chi connectivity index (χ2v) is 8.75. The van der Waals surface area contributed by atoms with E-state index >= 15 is 0 Å². The normalized spacial score (nSPS) is 19.6. The van der Waals surface area contributed by atoms with Gasteiger partial charge < -0.3 is 14.3 Å². The molecule has 29 heavy (non-hydrogen) atoms. The monoisotopic (exact) mass is 461 g/mol. The first-order valence-electron chi connectivity index (χ1n) is 10.4. The van der Waals surface area contributed by atoms with Crippen LogP contribution in [0.1, 0.15) is 25.7 Å². The second-order valence-electron chi connectivity index (χ2n) is 7.83. The zero-order chi connectivity index (χ0) is 20.2. The molecule has 2 fully saturated rings. The van der Waals surface area contributed by atoms with Crippen molar-refractivity contribution < 1.29 is 9.32 Å². The fourth-order valence-corrected chi connectivity index (χ4v) is 4.54. The number of halogens is 1. The van der Waals surface area contributed by atoms with E-state index < -0.39 is 0 Å². The fraction of sp³-hybridized carbons (Fsp3) is 0.571. The summed E-state index contributed by atoms with van der Waals surface area (Å²) in [6, 6.07) is 7.88. The van der Waals surface area contributed by atoms with Gasteiger partial charge in [-0.25, -0.2) is 0 Å². The van der Waals surface area contributed by atoms with E-state index in [9.17, 15) is 4.79 Å². The van der Waals surface area contributed by atoms with Crippen molar-refractivity contribution in [3.63, 3.8) is 0 Å². The molecule has 2 aliphatic heterocycles. The molecule has 0 spiro atoms. The minimum Gasteiger partial charge on any atom is -0.340 e. The van der Waals surface area contributed by atoms with Gasteiger partial charge in [0.15, 0.2) is 0 Å². The molecule has 0 N–H and O–H groups in total. The van der Waals surface area contributed by atoms with Gasteiger partial charge in [0.1, 0.15) is 0 Å². The van der Waals surface area contributed by atoms with Crippen molar-refractivity contribution in [3.05, 3.63) is 34.6 Å². The minimum atomic E-state index is 0.152. The number of carbonyl (C=O) groups is 1. The Labute approximate surface area is 180 Å². The van der Waals surface area contributed by atoms with E-state index in [1.807, 2.05) is 24.3 Å². The van der Waals surface area contributed by atoms with Gasteiger partial charge in [-0.2, -0.15) is 4.98 Å². The van der Waals surface area contributed by atoms with Crippen LogP contribution in [-0.2, 0) is 11.3 Å². The van der Waals surface area contributed by atoms with E-state index in [0.29, 0.717) is 24.2 Å². The van der Waals surface area contributed by atoms with Crippen molar-refractivity contribution in [1.82, 2.24) is 24.8 Å². The zero-order valence-electron chi connectivity index (χ0n) is 16.9. The summed E-state index contributed by atoms with van der Waals surface area (Å²) >= 11 is 3.47. The summed E-state index contributed by atoms with van der Waals surface area (Å²) in [6.07, 6.45) is 1.80. The topological polar surface area (TPSA) is 65.7 Å². The van der Waals surface area contributed by atoms with Gasteiger partial charge in [-0.3, -0.25) is 9.69 Å². The van der Waals surface area contributed by atoms with Crippen LogP contribution in [0.5, 0.6) is 0 Å². The highest BCUT2D eigenvalue weighted by Crippen LogP contribution is 2.23. The second kappa shape index (κ2) is 9.36. The molecule has 1 aromatic carbocycles. The number of nitrogens with zero attached hydrogens (tertiary/aromatic N) is 5. The van der Waals surface area contributed by atoms with E-state index in [1.165, 1.54) is 0 Å². The molecule has 0 aliphatic carbocycles. The summed E-state index contributed by atoms with van der Waals surface area (Å²) in [5.74, 6) is 1.73. The fourth-order valence-electron chi connectivity index (χ4n) is 4.14. The highest BCUT2D eigenvalue weighted by Gasteiger charge is 2.30. The van der Waals surface area contributed by atoms with Crippen molar-refractivity contribution in [2.75, 3.05) is 45.8 Å². The number of rotatable bonds is 5. The number of hydrogen-bond acceptors (Lipinski definition) is 6. The van der Waals surface area contributed by atoms with Crippen LogP contribution in [0.3, 0.4) is 0 Å². The van der Waals surface area contributed by atoms with Gasteiger partial charge in [0, 0.05) is 42.1 Å². The Kier molecular flexibility index (Phi) is 6.62. The molecule has 0 saturated carbocycles. The van der Waals surface area contributed by atoms with Crippen molar-refractivity contribution in [3.8, 4) is 11.4 Å². The highest BCUT2D eigenvalue weighted by molar-refractivity contribution is 9.10. The van der Waals surface area contributed by atoms with E-state index in [2.05, 4.69) is 47.7 Å². The Morgan fingerprint density at radius 1 is 1.14 bits per heavy atom. The molecule has 1 aromatic heterocycles. The zero-order valence-corrected chi connectivity index (χ0v) is 18.5. The molecule has 0 bridgehead atoms. The van der Waals surface area contributed by atoms with Crippen LogP contribution in [0.15, 0.2) is 33.3 Å². The number of carbonyl (C=O) groups excluding carboxylic acids is 1. The number of aromatic nitrogens is 2. The van der Waals surface area contributed by atoms with Gasteiger partial charge in [-0.1, -0.05) is 40.1 Å². The molecule has 0 atom stereocenters. The Morgan fingerprint density at radius 3 is 2.59 bits per heavy atom. The molecular weight excluding hydrogens is 434 g/mol. The number of benzene rings is 1. The van der Waals surface area contributed by atoms with Crippen LogP contribution in [0.2, 0.25) is 0 Å². The largest absolute Gasteiger partial charge is 0.340 e. The SMILES string of the molecule is CCN1CCN(C(=O)C2CCN(Cc3nc(-c4cccc(Br)c4)no3)CC2)CC1. The Hall–Kier alpha value is -1.77. The lowest BCUT2D eigenvalue weighted by Gasteiger charge is -2.38. The molecular formula is C21H28BrN5O2. The molecule has 0 radical (unpaired) electrons. The maximum Gasteiger partial charge on any atom is 0.241 e. The quantitative estimate of drug-likeness (QED) is 0.681. The average Bonchev–Trinajstić information content (AvgIpc) is 3.22. The summed E-state index contributed by atoms with van der Waals surface area (Å²) < 4.78 is 6.44. The molecule has 3 heterocycles. The smallest absolute Gasteiger partial charge is 0.241 e. The van der Waals surface area contributed by atoms with Crippen molar-refractivity contribution in [2.45, 2.75) is 26.3 Å². The van der Waals surface area contributed by atoms with E-state index in [0.717, 1.165) is 68.7 Å². The van der Waals surface area contributed by atoms with E-state index in [4.69, 9.17) is 4.52 Å². The molecule has 2 aromatic rings. The number of likely N-dealkylation sites (N-methyl/N-ethyl adjacent to an activating group) is 1. The van der Waals surface area contributed by atoms with Crippen LogP contribution < -0.4 is 0 Å². The van der Waals surface area contributed by atoms with Crippen LogP contribution >= 0.6 is 15.9 Å². The molecule has 4 rings (SSSR count). The molecule has 7 nitrogen and oxygen atoms in total. The first-order valence-corrected chi connectivity index (χ1v) is 11.2. The van der Waals surface area contributed by atoms with Crippen molar-refractivity contribution in [2.24, 2.45) is 5.92 Å². The first kappa shape index (κ1) is 20.5. The standard InChI is InChI=1S/C21H28BrN5O2/c1-2-25-10-12-27(13-11-25)21(28)16-6-8-26(9-7-16)15-19-23-20(24-29-19)17-4-3-5-18(22)14-17/h3-5,14,16H,2,6-13,15H2,1H3. The molecule has 2 aliphatic rings. The summed E-state index contributed by atoms with van der Waals surface area (Å²) in [5.41, 5.74) is 0.932. The summed E-state index contributed by atoms with van der Waals surface area (Å²) in [5, 5.41) is 4.11. The lowest BCUT2D eigenvalue weighted by molar-refractivity contribution is -0.138. The number of piperazine rings is 1. The molecule has 0 unspecified atom stereocenters. The number of likely N-dealkylation sites (tertiary alicyclic amines) is 1. The Morgan fingerprint density at radius 2 is 1.90 bits per heavy atom. The van der Waals surface area contributed by atoms with Crippen molar-refractivity contribution in [1.29, 1.82) is 0 Å². The van der Waals surface area contributed by atoms with Gasteiger partial charge in [0.25, 0.3) is 0 Å². The van der Waals surface area contributed by atoms with E-state index in [-0.39, 0.29) is 5.92 Å². The third kappa shape index (κ3) is 5.05. The third-order valence-electron chi connectivity index (χ3n) is 5.98. The Balaban J connectivity index is 1.27. The van der Waals surface area contributed by atoms with Gasteiger partial charge in [-0.15, -0.1) is 0 Å². The van der Waals surface area contributed by atoms with Crippen molar-refractivity contribution >= 4 is 21.8 Å². The first-order chi connectivity index (χ1) is 14.1. The molecule has 156 valence electrons. The van der Waals surface area contributed by atoms with Gasteiger partial charge in [0.05, 0.1) is 6.54 Å². The number of piperidine rings is 1. The summed E-state index contributed by atoms with van der Waals surface area (Å²) in [4.78, 5) is 24.2. The van der Waals surface area contributed by atoms with Crippen LogP contribution in [0.25, 0.3) is 11.4 Å². The van der Waals surface area contributed by atoms with Gasteiger partial charge >= 0.3 is 0 Å². The third-order valence-corrected chi connectivity index (χ3v) is 6.47. The molecule has 8 heteroatoms. The average molecular weight is 462 g/mol. The Bertz CT molecular complexity index is 826. The van der Waals surface area contributed by atoms with Gasteiger partial charge in [-0.05, 0) is 44.6 Å². The highest BCUT2D eigenvalue weighted by atomic mass is 79.9. The predicted octanol–water partition coefficient (Wildman–Crippen LogP) is 2.88. The van der Waals surface area contributed by atoms with E-state index in [1.54, 1.807) is 0 Å². The minimum absolute atomic E-state index is 0.152. The maximum absolute atomic E-state index is 12.8. The van der Waals surface area contributed by atoms with Crippen LogP contribution in [0, 0.1) is 5.92 Å². The number of hydrogen-bond donors (Lipinski definition) is 0. The summed E-state index contributed by atoms with van der Waals surface area (Å²) in [6.45, 7) is 9.40.